The Kier molecular flexibility index (Phi) is 13.9. The number of halogens is 4. The van der Waals surface area contributed by atoms with Crippen LogP contribution in [0.5, 0.6) is 0 Å². The molecule has 2 N–H and O–H groups in total. The number of carbonyl (C=O) groups excluding carboxylic acids is 1. The number of ketones is 1. The summed E-state index contributed by atoms with van der Waals surface area (Å²) < 4.78 is 0. The van der Waals surface area contributed by atoms with E-state index in [9.17, 15) is 0 Å². The standard InChI is InChI=1S/C47H62Cl4N12O/c1-44(2,3)56-39-37(50)41(54-31-52-39)58-23-27-62(28-24-58)60-19-15-46(16-20-60,33-7-11-35(48)12-8-33)43(64)47(34-9-13-36(49)14-10-34)17-21-61(22-18-47)63-29-25-59(26-30-63)42-38(51)40(53-32-55-42)57-45(4,5)6/h7-14,31-32H,15-30H2,1-6H3,(H,52,54,56)(H,53,55,57). The van der Waals surface area contributed by atoms with E-state index in [1.165, 1.54) is 0 Å². The maximum absolute atomic E-state index is 16.0. The van der Waals surface area contributed by atoms with Crippen LogP contribution in [0.4, 0.5) is 23.3 Å². The maximum atomic E-state index is 16.0. The van der Waals surface area contributed by atoms with E-state index >= 15 is 4.79 Å². The van der Waals surface area contributed by atoms with Crippen molar-refractivity contribution in [1.82, 2.24) is 40.0 Å². The molecule has 4 aliphatic heterocycles. The first-order valence-corrected chi connectivity index (χ1v) is 24.1. The van der Waals surface area contributed by atoms with Crippen molar-refractivity contribution in [2.75, 3.05) is 99.0 Å². The Morgan fingerprint density at radius 1 is 0.484 bits per heavy atom. The summed E-state index contributed by atoms with van der Waals surface area (Å²) in [7, 11) is 0. The van der Waals surface area contributed by atoms with Crippen molar-refractivity contribution in [1.29, 1.82) is 0 Å². The van der Waals surface area contributed by atoms with Crippen LogP contribution in [0.2, 0.25) is 20.1 Å². The highest BCUT2D eigenvalue weighted by Crippen LogP contribution is 2.48. The van der Waals surface area contributed by atoms with Crippen molar-refractivity contribution < 1.29 is 4.79 Å². The molecule has 17 heteroatoms. The van der Waals surface area contributed by atoms with Crippen LogP contribution in [-0.4, -0.2) is 135 Å². The van der Waals surface area contributed by atoms with Crippen molar-refractivity contribution in [3.63, 3.8) is 0 Å². The summed E-state index contributed by atoms with van der Waals surface area (Å²) in [6.45, 7) is 22.0. The van der Waals surface area contributed by atoms with E-state index in [2.05, 4.69) is 126 Å². The van der Waals surface area contributed by atoms with Crippen LogP contribution in [0.3, 0.4) is 0 Å². The van der Waals surface area contributed by atoms with Gasteiger partial charge < -0.3 is 20.4 Å². The minimum Gasteiger partial charge on any atom is -0.364 e. The van der Waals surface area contributed by atoms with E-state index in [1.54, 1.807) is 12.7 Å². The molecule has 0 radical (unpaired) electrons. The predicted molar refractivity (Wildman–Crippen MR) is 261 cm³/mol. The maximum Gasteiger partial charge on any atom is 0.154 e. The van der Waals surface area contributed by atoms with E-state index in [1.807, 2.05) is 24.3 Å². The molecule has 4 aliphatic rings. The zero-order chi connectivity index (χ0) is 45.4. The molecule has 0 amide bonds. The predicted octanol–water partition coefficient (Wildman–Crippen LogP) is 8.71. The molecule has 0 bridgehead atoms. The Balaban J connectivity index is 0.975. The number of carbonyl (C=O) groups is 1. The highest BCUT2D eigenvalue weighted by molar-refractivity contribution is 6.35. The van der Waals surface area contributed by atoms with Gasteiger partial charge in [-0.3, -0.25) is 4.79 Å². The fourth-order valence-electron chi connectivity index (χ4n) is 10.0. The minimum absolute atomic E-state index is 0.182. The van der Waals surface area contributed by atoms with E-state index in [0.717, 1.165) is 101 Å². The second-order valence-electron chi connectivity index (χ2n) is 19.8. The largest absolute Gasteiger partial charge is 0.364 e. The number of hydrogen-bond donors (Lipinski definition) is 2. The smallest absolute Gasteiger partial charge is 0.154 e. The molecule has 13 nitrogen and oxygen atoms in total. The van der Waals surface area contributed by atoms with Crippen molar-refractivity contribution in [3.8, 4) is 0 Å². The average molecular weight is 953 g/mol. The number of rotatable bonds is 10. The van der Waals surface area contributed by atoms with Gasteiger partial charge in [-0.05, 0) is 103 Å². The average Bonchev–Trinajstić information content (AvgIpc) is 3.27. The fourth-order valence-corrected chi connectivity index (χ4v) is 10.8. The first-order chi connectivity index (χ1) is 30.4. The normalized spacial score (nSPS) is 20.6. The van der Waals surface area contributed by atoms with Gasteiger partial charge in [0.2, 0.25) is 0 Å². The third kappa shape index (κ3) is 10.1. The molecule has 0 saturated carbocycles. The molecule has 4 aromatic rings. The summed E-state index contributed by atoms with van der Waals surface area (Å²) in [4.78, 5) is 38.5. The third-order valence-corrected chi connectivity index (χ3v) is 14.5. The van der Waals surface area contributed by atoms with Gasteiger partial charge in [0, 0.05) is 99.7 Å². The van der Waals surface area contributed by atoms with Gasteiger partial charge in [-0.1, -0.05) is 70.7 Å². The molecule has 8 rings (SSSR count). The van der Waals surface area contributed by atoms with Crippen molar-refractivity contribution in [3.05, 3.63) is 92.4 Å². The lowest BCUT2D eigenvalue weighted by molar-refractivity contribution is -0.140. The van der Waals surface area contributed by atoms with Crippen molar-refractivity contribution >= 4 is 75.5 Å². The lowest BCUT2D eigenvalue weighted by Crippen LogP contribution is -2.62. The molecule has 0 unspecified atom stereocenters. The number of hydrazine groups is 2. The summed E-state index contributed by atoms with van der Waals surface area (Å²) in [6.07, 6.45) is 5.97. The van der Waals surface area contributed by atoms with Crippen LogP contribution < -0.4 is 20.4 Å². The number of benzene rings is 2. The number of Topliss-reactive ketones (excluding diaryl/α,β-unsaturated/α-hetero) is 1. The second-order valence-corrected chi connectivity index (χ2v) is 21.4. The molecule has 2 aromatic carbocycles. The van der Waals surface area contributed by atoms with Crippen LogP contribution in [0.1, 0.15) is 78.4 Å². The second kappa shape index (κ2) is 19.0. The van der Waals surface area contributed by atoms with Crippen LogP contribution in [0.15, 0.2) is 61.2 Å². The van der Waals surface area contributed by atoms with Gasteiger partial charge in [-0.15, -0.1) is 0 Å². The Hall–Kier alpha value is -3.53. The third-order valence-electron chi connectivity index (χ3n) is 13.3. The number of nitrogens with zero attached hydrogens (tertiary/aromatic N) is 10. The van der Waals surface area contributed by atoms with Gasteiger partial charge in [0.25, 0.3) is 0 Å². The van der Waals surface area contributed by atoms with E-state index in [4.69, 9.17) is 46.4 Å². The van der Waals surface area contributed by atoms with Gasteiger partial charge >= 0.3 is 0 Å². The molecule has 4 saturated heterocycles. The highest BCUT2D eigenvalue weighted by atomic mass is 35.5. The lowest BCUT2D eigenvalue weighted by Gasteiger charge is -2.52. The monoisotopic (exact) mass is 950 g/mol. The van der Waals surface area contributed by atoms with Crippen molar-refractivity contribution in [2.24, 2.45) is 0 Å². The Labute approximate surface area is 398 Å². The van der Waals surface area contributed by atoms with Gasteiger partial charge in [0.15, 0.2) is 29.1 Å². The topological polar surface area (TPSA) is 112 Å². The zero-order valence-corrected chi connectivity index (χ0v) is 41.0. The van der Waals surface area contributed by atoms with Crippen LogP contribution in [-0.2, 0) is 15.6 Å². The summed E-state index contributed by atoms with van der Waals surface area (Å²) in [6, 6.07) is 16.1. The highest BCUT2D eigenvalue weighted by Gasteiger charge is 2.54. The Morgan fingerprint density at radius 3 is 1.11 bits per heavy atom. The van der Waals surface area contributed by atoms with Crippen LogP contribution >= 0.6 is 46.4 Å². The molecule has 344 valence electrons. The fraction of sp³-hybridized carbons (Fsp3) is 0.553. The quantitative estimate of drug-likeness (QED) is 0.158. The Bertz CT molecular complexity index is 2080. The number of nitrogens with one attached hydrogen (secondary N) is 2. The van der Waals surface area contributed by atoms with Crippen molar-refractivity contribution in [2.45, 2.75) is 89.1 Å². The minimum atomic E-state index is -0.696. The van der Waals surface area contributed by atoms with Crippen LogP contribution in [0, 0.1) is 0 Å². The molecule has 2 aromatic heterocycles. The molecule has 0 spiro atoms. The molecule has 4 fully saturated rings. The first kappa shape index (κ1) is 47.0. The number of aromatic nitrogens is 4. The Morgan fingerprint density at radius 2 is 0.797 bits per heavy atom. The van der Waals surface area contributed by atoms with E-state index < -0.39 is 10.8 Å². The lowest BCUT2D eigenvalue weighted by atomic mass is 9.57. The summed E-state index contributed by atoms with van der Waals surface area (Å²) in [5.41, 5.74) is 0.328. The number of piperidine rings is 2. The molecular formula is C47H62Cl4N12O. The van der Waals surface area contributed by atoms with E-state index in [-0.39, 0.29) is 11.1 Å². The molecule has 6 heterocycles. The summed E-state index contributed by atoms with van der Waals surface area (Å²) >= 11 is 26.7. The molecule has 0 aliphatic carbocycles. The SMILES string of the molecule is CC(C)(C)Nc1ncnc(N2CCN(N3CCC(C(=O)C4(c5ccc(Cl)cc5)CCN(N5CCN(c6ncnc(NC(C)(C)C)c6Cl)CC5)CC4)(c4ccc(Cl)cc4)CC3)CC2)c1Cl. The molecule has 64 heavy (non-hydrogen) atoms. The van der Waals surface area contributed by atoms with Gasteiger partial charge in [0.1, 0.15) is 22.7 Å². The number of anilines is 4. The van der Waals surface area contributed by atoms with Gasteiger partial charge in [0.05, 0.1) is 10.8 Å². The summed E-state index contributed by atoms with van der Waals surface area (Å²) in [5.74, 6) is 3.11. The zero-order valence-electron chi connectivity index (χ0n) is 38.0. The number of piperazine rings is 2. The van der Waals surface area contributed by atoms with Gasteiger partial charge in [-0.25, -0.2) is 40.0 Å². The molecular weight excluding hydrogens is 890 g/mol. The van der Waals surface area contributed by atoms with E-state index in [0.29, 0.717) is 63.2 Å². The van der Waals surface area contributed by atoms with Gasteiger partial charge in [-0.2, -0.15) is 0 Å². The first-order valence-electron chi connectivity index (χ1n) is 22.6. The van der Waals surface area contributed by atoms with Crippen LogP contribution in [0.25, 0.3) is 0 Å². The molecule has 0 atom stereocenters. The number of hydrogen-bond acceptors (Lipinski definition) is 13. The summed E-state index contributed by atoms with van der Waals surface area (Å²) in [5, 5.41) is 19.1.